The Bertz CT molecular complexity index is 1190. The van der Waals surface area contributed by atoms with Crippen LogP contribution in [0.2, 0.25) is 0 Å². The van der Waals surface area contributed by atoms with Gasteiger partial charge < -0.3 is 9.88 Å². The topological polar surface area (TPSA) is 59.8 Å². The van der Waals surface area contributed by atoms with E-state index in [0.29, 0.717) is 11.7 Å². The van der Waals surface area contributed by atoms with Crippen LogP contribution in [-0.4, -0.2) is 26.4 Å². The number of thioether (sulfide) groups is 1. The van der Waals surface area contributed by atoms with Gasteiger partial charge in [-0.1, -0.05) is 30.0 Å². The van der Waals surface area contributed by atoms with Gasteiger partial charge in [-0.3, -0.25) is 4.79 Å². The second kappa shape index (κ2) is 8.30. The van der Waals surface area contributed by atoms with Gasteiger partial charge >= 0.3 is 0 Å². The van der Waals surface area contributed by atoms with Crippen molar-refractivity contribution in [3.63, 3.8) is 0 Å². The monoisotopic (exact) mass is 430 g/mol. The number of benzene rings is 2. The highest BCUT2D eigenvalue weighted by Gasteiger charge is 2.17. The summed E-state index contributed by atoms with van der Waals surface area (Å²) in [4.78, 5) is 12.2. The van der Waals surface area contributed by atoms with Gasteiger partial charge in [0.05, 0.1) is 11.4 Å². The summed E-state index contributed by atoms with van der Waals surface area (Å²) in [5.41, 5.74) is 0.948. The van der Waals surface area contributed by atoms with E-state index in [1.807, 2.05) is 29.7 Å². The van der Waals surface area contributed by atoms with Gasteiger partial charge in [-0.05, 0) is 25.1 Å². The van der Waals surface area contributed by atoms with E-state index in [-0.39, 0.29) is 11.4 Å². The van der Waals surface area contributed by atoms with E-state index in [4.69, 9.17) is 0 Å². The second-order valence-corrected chi connectivity index (χ2v) is 8.01. The molecule has 0 saturated carbocycles. The van der Waals surface area contributed by atoms with Crippen molar-refractivity contribution in [3.05, 3.63) is 59.5 Å². The molecule has 0 fully saturated rings. The zero-order valence-electron chi connectivity index (χ0n) is 15.4. The van der Waals surface area contributed by atoms with Crippen molar-refractivity contribution in [2.24, 2.45) is 0 Å². The molecule has 1 amide bonds. The van der Waals surface area contributed by atoms with Crippen LogP contribution in [0.3, 0.4) is 0 Å². The van der Waals surface area contributed by atoms with E-state index in [2.05, 4.69) is 27.0 Å². The summed E-state index contributed by atoms with van der Waals surface area (Å²) in [5, 5.41) is 14.8. The minimum Gasteiger partial charge on any atom is -0.323 e. The third kappa shape index (κ3) is 4.01. The van der Waals surface area contributed by atoms with Crippen LogP contribution in [-0.2, 0) is 11.3 Å². The fraction of sp³-hybridized carbons (Fsp3) is 0.150. The predicted octanol–water partition coefficient (Wildman–Crippen LogP) is 5.19. The number of rotatable bonds is 6. The van der Waals surface area contributed by atoms with Crippen LogP contribution in [0.25, 0.3) is 21.5 Å². The lowest BCUT2D eigenvalue weighted by Gasteiger charge is -2.08. The maximum Gasteiger partial charge on any atom is 0.234 e. The molecule has 4 rings (SSSR count). The minimum absolute atomic E-state index is 0.0271. The van der Waals surface area contributed by atoms with Crippen molar-refractivity contribution in [3.8, 4) is 11.4 Å². The SMILES string of the molecule is CCn1c(SCC(=O)Nc2ccc(F)cc2F)nnc1-c1csc2ccccc12. The molecule has 0 spiro atoms. The first kappa shape index (κ1) is 19.5. The number of thiophene rings is 1. The molecule has 0 aliphatic heterocycles. The van der Waals surface area contributed by atoms with E-state index in [1.165, 1.54) is 22.5 Å². The van der Waals surface area contributed by atoms with Crippen LogP contribution in [0.1, 0.15) is 6.92 Å². The fourth-order valence-electron chi connectivity index (χ4n) is 2.94. The Kier molecular flexibility index (Phi) is 5.59. The van der Waals surface area contributed by atoms with E-state index in [0.717, 1.165) is 28.9 Å². The number of anilines is 1. The average molecular weight is 431 g/mol. The van der Waals surface area contributed by atoms with E-state index >= 15 is 0 Å². The van der Waals surface area contributed by atoms with Crippen LogP contribution in [0.5, 0.6) is 0 Å². The first-order chi connectivity index (χ1) is 14.1. The Morgan fingerprint density at radius 2 is 2.03 bits per heavy atom. The molecule has 1 N–H and O–H groups in total. The van der Waals surface area contributed by atoms with Crippen molar-refractivity contribution >= 4 is 44.8 Å². The van der Waals surface area contributed by atoms with Crippen molar-refractivity contribution in [1.29, 1.82) is 0 Å². The first-order valence-corrected chi connectivity index (χ1v) is 10.7. The van der Waals surface area contributed by atoms with Crippen LogP contribution in [0.15, 0.2) is 53.0 Å². The smallest absolute Gasteiger partial charge is 0.234 e. The number of fused-ring (bicyclic) bond motifs is 1. The molecule has 4 aromatic rings. The quantitative estimate of drug-likeness (QED) is 0.428. The van der Waals surface area contributed by atoms with Crippen LogP contribution < -0.4 is 5.32 Å². The average Bonchev–Trinajstić information content (AvgIpc) is 3.31. The number of nitrogens with one attached hydrogen (secondary N) is 1. The van der Waals surface area contributed by atoms with Gasteiger partial charge in [0.15, 0.2) is 11.0 Å². The molecular formula is C20H16F2N4OS2. The van der Waals surface area contributed by atoms with Crippen LogP contribution >= 0.6 is 23.1 Å². The van der Waals surface area contributed by atoms with Gasteiger partial charge in [0.2, 0.25) is 5.91 Å². The Labute approximate surface area is 173 Å². The molecular weight excluding hydrogens is 414 g/mol. The second-order valence-electron chi connectivity index (χ2n) is 6.16. The van der Waals surface area contributed by atoms with Gasteiger partial charge in [0.1, 0.15) is 11.6 Å². The molecule has 0 radical (unpaired) electrons. The van der Waals surface area contributed by atoms with Crippen molar-refractivity contribution in [2.45, 2.75) is 18.6 Å². The van der Waals surface area contributed by atoms with Crippen LogP contribution in [0.4, 0.5) is 14.5 Å². The number of nitrogens with zero attached hydrogens (tertiary/aromatic N) is 3. The van der Waals surface area contributed by atoms with E-state index < -0.39 is 17.5 Å². The molecule has 0 aliphatic carbocycles. The lowest BCUT2D eigenvalue weighted by Crippen LogP contribution is -2.15. The Hall–Kier alpha value is -2.78. The number of aromatic nitrogens is 3. The molecule has 2 aromatic heterocycles. The lowest BCUT2D eigenvalue weighted by atomic mass is 10.1. The van der Waals surface area contributed by atoms with Crippen molar-refractivity contribution < 1.29 is 13.6 Å². The Morgan fingerprint density at radius 3 is 2.83 bits per heavy atom. The highest BCUT2D eigenvalue weighted by atomic mass is 32.2. The molecule has 2 heterocycles. The van der Waals surface area contributed by atoms with Gasteiger partial charge in [-0.2, -0.15) is 0 Å². The standard InChI is InChI=1S/C20H16F2N4OS2/c1-2-26-19(14-10-28-17-6-4-3-5-13(14)17)24-25-20(26)29-11-18(27)23-16-8-7-12(21)9-15(16)22/h3-10H,2,11H2,1H3,(H,23,27). The molecule has 0 atom stereocenters. The molecule has 0 aliphatic rings. The molecule has 0 unspecified atom stereocenters. The van der Waals surface area contributed by atoms with Gasteiger partial charge in [-0.25, -0.2) is 8.78 Å². The molecule has 9 heteroatoms. The van der Waals surface area contributed by atoms with Gasteiger partial charge in [0, 0.05) is 33.6 Å². The number of hydrogen-bond acceptors (Lipinski definition) is 5. The van der Waals surface area contributed by atoms with Crippen molar-refractivity contribution in [2.75, 3.05) is 11.1 Å². The summed E-state index contributed by atoms with van der Waals surface area (Å²) in [5.74, 6) is -1.14. The summed E-state index contributed by atoms with van der Waals surface area (Å²) in [7, 11) is 0. The normalized spacial score (nSPS) is 11.1. The highest BCUT2D eigenvalue weighted by molar-refractivity contribution is 7.99. The first-order valence-electron chi connectivity index (χ1n) is 8.84. The van der Waals surface area contributed by atoms with E-state index in [9.17, 15) is 13.6 Å². The number of amides is 1. The molecule has 0 bridgehead atoms. The molecule has 29 heavy (non-hydrogen) atoms. The zero-order chi connectivity index (χ0) is 20.4. The maximum absolute atomic E-state index is 13.7. The third-order valence-electron chi connectivity index (χ3n) is 4.29. The predicted molar refractivity (Wildman–Crippen MR) is 112 cm³/mol. The number of hydrogen-bond donors (Lipinski definition) is 1. The number of carbonyl (C=O) groups is 1. The number of carbonyl (C=O) groups excluding carboxylic acids is 1. The summed E-state index contributed by atoms with van der Waals surface area (Å²) in [6.45, 7) is 2.63. The molecule has 148 valence electrons. The summed E-state index contributed by atoms with van der Waals surface area (Å²) < 4.78 is 29.8. The van der Waals surface area contributed by atoms with E-state index in [1.54, 1.807) is 11.3 Å². The van der Waals surface area contributed by atoms with Gasteiger partial charge in [-0.15, -0.1) is 21.5 Å². The zero-order valence-corrected chi connectivity index (χ0v) is 17.0. The summed E-state index contributed by atoms with van der Waals surface area (Å²) >= 11 is 2.86. The maximum atomic E-state index is 13.7. The Balaban J connectivity index is 1.50. The van der Waals surface area contributed by atoms with Crippen molar-refractivity contribution in [1.82, 2.24) is 14.8 Å². The van der Waals surface area contributed by atoms with Gasteiger partial charge in [0.25, 0.3) is 0 Å². The highest BCUT2D eigenvalue weighted by Crippen LogP contribution is 2.34. The summed E-state index contributed by atoms with van der Waals surface area (Å²) in [6.07, 6.45) is 0. The largest absolute Gasteiger partial charge is 0.323 e. The molecule has 0 saturated heterocycles. The summed E-state index contributed by atoms with van der Waals surface area (Å²) in [6, 6.07) is 11.1. The Morgan fingerprint density at radius 1 is 1.21 bits per heavy atom. The fourth-order valence-corrected chi connectivity index (χ4v) is 4.68. The lowest BCUT2D eigenvalue weighted by molar-refractivity contribution is -0.113. The van der Waals surface area contributed by atoms with Crippen LogP contribution in [0, 0.1) is 11.6 Å². The number of halogens is 2. The minimum atomic E-state index is -0.813. The molecule has 2 aromatic carbocycles. The molecule has 5 nitrogen and oxygen atoms in total. The third-order valence-corrected chi connectivity index (χ3v) is 6.22.